The molecule has 0 saturated heterocycles. The van der Waals surface area contributed by atoms with Crippen molar-refractivity contribution >= 4 is 64.4 Å². The number of H-pyrrole nitrogens is 2. The molecule has 0 saturated carbocycles. The molecule has 0 radical (unpaired) electrons. The number of nitrogens with zero attached hydrogens (tertiary/aromatic N) is 2. The first-order chi connectivity index (χ1) is 19.7. The fourth-order valence-corrected chi connectivity index (χ4v) is 4.66. The van der Waals surface area contributed by atoms with E-state index >= 15 is 0 Å². The Labute approximate surface area is 252 Å². The molecule has 0 amide bonds. The Hall–Kier alpha value is -4.26. The number of aryl methyl sites for hydroxylation is 4. The number of rotatable bonds is 3. The average molecular weight is 647 g/mol. The van der Waals surface area contributed by atoms with Crippen molar-refractivity contribution in [2.45, 2.75) is 27.7 Å². The third-order valence-corrected chi connectivity index (χ3v) is 6.49. The van der Waals surface area contributed by atoms with Crippen LogP contribution in [0.25, 0.3) is 43.6 Å². The summed E-state index contributed by atoms with van der Waals surface area (Å²) in [6.07, 6.45) is 0. The standard InChI is InChI=1S/2C14H12N2.H2O8S2.2H2O/c2*1-9-3-5-11-7-8-12-6-4-10(2)16-14(12)13(11)15-9;1-9(2,3)7-8-10(4,5)6;;/h2*3-8H,1-2H3;(H,1,2,3)(H,4,5,6);2*1H2. The van der Waals surface area contributed by atoms with Crippen LogP contribution in [-0.4, -0.2) is 46.9 Å². The smallest absolute Gasteiger partial charge is 0.246 e. The zero-order chi connectivity index (χ0) is 30.7. The highest BCUT2D eigenvalue weighted by atomic mass is 32.3. The van der Waals surface area contributed by atoms with Gasteiger partial charge in [-0.2, -0.15) is 0 Å². The summed E-state index contributed by atoms with van der Waals surface area (Å²) in [5.41, 5.74) is 8.78. The SMILES string of the molecule is Cc1ccc2ccc3ccc(C)[nH+]c3c2n1.Cc1ccc2ccc3ccc(C)[nH+]c3c2n1.O.O.O=S(=O)([O-])OOS(=O)(=O)[O-]. The van der Waals surface area contributed by atoms with Crippen molar-refractivity contribution in [2.75, 3.05) is 0 Å². The molecular formula is C28H30N4O10S2. The summed E-state index contributed by atoms with van der Waals surface area (Å²) in [5, 5.41) is 4.77. The molecule has 0 aliphatic heterocycles. The fourth-order valence-electron chi connectivity index (χ4n) is 4.12. The van der Waals surface area contributed by atoms with Crippen LogP contribution in [0, 0.1) is 27.7 Å². The molecule has 0 aliphatic rings. The fraction of sp³-hybridized carbons (Fsp3) is 0.143. The zero-order valence-corrected chi connectivity index (χ0v) is 25.5. The molecule has 44 heavy (non-hydrogen) atoms. The summed E-state index contributed by atoms with van der Waals surface area (Å²) in [4.78, 5) is 16.0. The minimum atomic E-state index is -5.31. The van der Waals surface area contributed by atoms with E-state index in [0.717, 1.165) is 44.8 Å². The third-order valence-electron chi connectivity index (χ3n) is 5.93. The highest BCUT2D eigenvalue weighted by molar-refractivity contribution is 7.83. The van der Waals surface area contributed by atoms with Gasteiger partial charge in [-0.1, -0.05) is 24.3 Å². The number of fused-ring (bicyclic) bond motifs is 6. The van der Waals surface area contributed by atoms with E-state index in [1.807, 2.05) is 26.0 Å². The molecular weight excluding hydrogens is 616 g/mol. The van der Waals surface area contributed by atoms with Crippen molar-refractivity contribution in [3.05, 3.63) is 95.6 Å². The van der Waals surface area contributed by atoms with Gasteiger partial charge in [0, 0.05) is 58.9 Å². The molecule has 6 N–H and O–H groups in total. The molecule has 4 heterocycles. The summed E-state index contributed by atoms with van der Waals surface area (Å²) >= 11 is 0. The number of benzene rings is 2. The molecule has 2 aromatic carbocycles. The van der Waals surface area contributed by atoms with E-state index < -0.39 is 20.8 Å². The highest BCUT2D eigenvalue weighted by Gasteiger charge is 2.10. The van der Waals surface area contributed by atoms with Gasteiger partial charge in [-0.05, 0) is 50.2 Å². The van der Waals surface area contributed by atoms with Gasteiger partial charge in [-0.15, -0.1) is 8.67 Å². The van der Waals surface area contributed by atoms with Crippen LogP contribution < -0.4 is 9.97 Å². The summed E-state index contributed by atoms with van der Waals surface area (Å²) in [6, 6.07) is 25.3. The maximum absolute atomic E-state index is 9.37. The van der Waals surface area contributed by atoms with Crippen LogP contribution >= 0.6 is 0 Å². The van der Waals surface area contributed by atoms with Crippen molar-refractivity contribution < 1.29 is 55.5 Å². The Morgan fingerprint density at radius 3 is 1.16 bits per heavy atom. The van der Waals surface area contributed by atoms with Gasteiger partial charge < -0.3 is 20.1 Å². The monoisotopic (exact) mass is 646 g/mol. The largest absolute Gasteiger partial charge is 0.724 e. The molecule has 0 aliphatic carbocycles. The van der Waals surface area contributed by atoms with Crippen LogP contribution in [-0.2, 0) is 29.5 Å². The lowest BCUT2D eigenvalue weighted by Crippen LogP contribution is -2.10. The van der Waals surface area contributed by atoms with E-state index in [1.54, 1.807) is 0 Å². The average Bonchev–Trinajstić information content (AvgIpc) is 2.92. The van der Waals surface area contributed by atoms with Crippen LogP contribution in [0.1, 0.15) is 22.8 Å². The maximum atomic E-state index is 9.37. The van der Waals surface area contributed by atoms with Crippen LogP contribution in [0.5, 0.6) is 0 Å². The predicted octanol–water partition coefficient (Wildman–Crippen LogP) is 1.84. The second-order valence-corrected chi connectivity index (χ2v) is 11.2. The van der Waals surface area contributed by atoms with Crippen molar-refractivity contribution in [3.8, 4) is 0 Å². The molecule has 0 bridgehead atoms. The molecule has 6 rings (SSSR count). The van der Waals surface area contributed by atoms with Gasteiger partial charge in [0.05, 0.1) is 0 Å². The lowest BCUT2D eigenvalue weighted by atomic mass is 10.1. The number of hydrogen-bond acceptors (Lipinski definition) is 10. The molecule has 6 aromatic rings. The minimum Gasteiger partial charge on any atom is -0.724 e. The highest BCUT2D eigenvalue weighted by Crippen LogP contribution is 2.21. The van der Waals surface area contributed by atoms with Gasteiger partial charge in [-0.25, -0.2) is 36.8 Å². The second kappa shape index (κ2) is 14.5. The summed E-state index contributed by atoms with van der Waals surface area (Å²) in [7, 11) is -10.6. The van der Waals surface area contributed by atoms with E-state index in [4.69, 9.17) is 0 Å². The van der Waals surface area contributed by atoms with Crippen LogP contribution in [0.2, 0.25) is 0 Å². The van der Waals surface area contributed by atoms with E-state index in [2.05, 4.69) is 103 Å². The minimum absolute atomic E-state index is 0. The Morgan fingerprint density at radius 1 is 0.523 bits per heavy atom. The first-order valence-corrected chi connectivity index (χ1v) is 15.0. The van der Waals surface area contributed by atoms with Crippen LogP contribution in [0.15, 0.2) is 72.8 Å². The second-order valence-electron chi connectivity index (χ2n) is 9.34. The van der Waals surface area contributed by atoms with Gasteiger partial charge in [-0.3, -0.25) is 0 Å². The van der Waals surface area contributed by atoms with Gasteiger partial charge in [0.1, 0.15) is 11.0 Å². The Balaban J connectivity index is 0.000000233. The van der Waals surface area contributed by atoms with Crippen LogP contribution in [0.3, 0.4) is 0 Å². The van der Waals surface area contributed by atoms with E-state index in [-0.39, 0.29) is 11.0 Å². The van der Waals surface area contributed by atoms with Crippen molar-refractivity contribution in [1.29, 1.82) is 0 Å². The van der Waals surface area contributed by atoms with Gasteiger partial charge in [0.2, 0.25) is 31.8 Å². The Bertz CT molecular complexity index is 1880. The topological polar surface area (TPSA) is 250 Å². The van der Waals surface area contributed by atoms with Crippen molar-refractivity contribution in [2.24, 2.45) is 0 Å². The maximum Gasteiger partial charge on any atom is 0.246 e. The van der Waals surface area contributed by atoms with E-state index in [1.165, 1.54) is 21.5 Å². The van der Waals surface area contributed by atoms with Gasteiger partial charge >= 0.3 is 0 Å². The summed E-state index contributed by atoms with van der Waals surface area (Å²) < 4.78 is 61.5. The molecule has 0 unspecified atom stereocenters. The van der Waals surface area contributed by atoms with Crippen molar-refractivity contribution in [3.63, 3.8) is 0 Å². The lowest BCUT2D eigenvalue weighted by Gasteiger charge is -2.07. The molecule has 0 fully saturated rings. The number of aromatic nitrogens is 4. The number of pyridine rings is 4. The Morgan fingerprint density at radius 2 is 0.818 bits per heavy atom. The van der Waals surface area contributed by atoms with Gasteiger partial charge in [0.25, 0.3) is 0 Å². The lowest BCUT2D eigenvalue weighted by molar-refractivity contribution is -0.354. The number of nitrogens with one attached hydrogen (secondary N) is 2. The van der Waals surface area contributed by atoms with E-state index in [9.17, 15) is 25.9 Å². The number of hydrogen-bond donors (Lipinski definition) is 0. The van der Waals surface area contributed by atoms with E-state index in [0.29, 0.717) is 0 Å². The molecule has 16 heteroatoms. The molecule has 0 spiro atoms. The molecule has 0 atom stereocenters. The Kier molecular flexibility index (Phi) is 11.8. The quantitative estimate of drug-likeness (QED) is 0.0886. The third kappa shape index (κ3) is 9.63. The molecule has 234 valence electrons. The first-order valence-electron chi connectivity index (χ1n) is 12.4. The van der Waals surface area contributed by atoms with Crippen molar-refractivity contribution in [1.82, 2.24) is 9.97 Å². The number of aromatic amines is 2. The summed E-state index contributed by atoms with van der Waals surface area (Å²) in [5.74, 6) is 0. The normalized spacial score (nSPS) is 11.1. The zero-order valence-electron chi connectivity index (χ0n) is 23.9. The predicted molar refractivity (Wildman–Crippen MR) is 159 cm³/mol. The molecule has 4 aromatic heterocycles. The molecule has 14 nitrogen and oxygen atoms in total. The summed E-state index contributed by atoms with van der Waals surface area (Å²) in [6.45, 7) is 8.17. The van der Waals surface area contributed by atoms with Gasteiger partial charge in [0.15, 0.2) is 11.4 Å². The first kappa shape index (κ1) is 35.9. The van der Waals surface area contributed by atoms with Crippen LogP contribution in [0.4, 0.5) is 0 Å².